The highest BCUT2D eigenvalue weighted by Gasteiger charge is 2.29. The van der Waals surface area contributed by atoms with E-state index >= 15 is 0 Å². The first-order valence-corrected chi connectivity index (χ1v) is 9.05. The highest BCUT2D eigenvalue weighted by atomic mass is 35.5. The molecule has 1 aliphatic rings. The minimum Gasteiger partial charge on any atom is -0.333 e. The molecular weight excluding hydrogens is 318 g/mol. The van der Waals surface area contributed by atoms with Crippen LogP contribution in [0.3, 0.4) is 0 Å². The number of sulfonamides is 1. The molecule has 2 aromatic heterocycles. The van der Waals surface area contributed by atoms with Crippen LogP contribution in [0.2, 0.25) is 0 Å². The minimum atomic E-state index is -3.42. The lowest BCUT2D eigenvalue weighted by atomic mass is 10.4. The first-order chi connectivity index (χ1) is 9.61. The molecule has 5 nitrogen and oxygen atoms in total. The Balaban J connectivity index is 1.85. The van der Waals surface area contributed by atoms with E-state index in [1.165, 1.54) is 15.6 Å². The Morgan fingerprint density at radius 2 is 2.20 bits per heavy atom. The molecule has 8 heteroatoms. The number of halogens is 1. The summed E-state index contributed by atoms with van der Waals surface area (Å²) in [4.78, 5) is 5.19. The van der Waals surface area contributed by atoms with E-state index in [0.717, 1.165) is 10.7 Å². The summed E-state index contributed by atoms with van der Waals surface area (Å²) >= 11 is 6.99. The van der Waals surface area contributed by atoms with Crippen LogP contribution in [0.4, 0.5) is 0 Å². The van der Waals surface area contributed by atoms with Crippen molar-refractivity contribution in [2.45, 2.75) is 23.7 Å². The maximum Gasteiger partial charge on any atom is 0.253 e. The predicted molar refractivity (Wildman–Crippen MR) is 78.6 cm³/mol. The molecular formula is C12H14ClN3O2S2. The van der Waals surface area contributed by atoms with Gasteiger partial charge in [-0.1, -0.05) is 0 Å². The zero-order chi connectivity index (χ0) is 14.2. The number of hydrogen-bond acceptors (Lipinski definition) is 4. The van der Waals surface area contributed by atoms with Gasteiger partial charge in [0.25, 0.3) is 10.0 Å². The van der Waals surface area contributed by atoms with Crippen LogP contribution in [0.15, 0.2) is 28.7 Å². The van der Waals surface area contributed by atoms with E-state index in [2.05, 4.69) is 4.98 Å². The molecule has 0 saturated carbocycles. The Kier molecular flexibility index (Phi) is 3.85. The van der Waals surface area contributed by atoms with Gasteiger partial charge in [-0.25, -0.2) is 13.4 Å². The molecule has 0 amide bonds. The van der Waals surface area contributed by atoms with Crippen LogP contribution in [0.25, 0.3) is 0 Å². The molecule has 3 heterocycles. The molecule has 1 aliphatic heterocycles. The Morgan fingerprint density at radius 3 is 3.00 bits per heavy atom. The number of rotatable bonds is 4. The molecule has 0 bridgehead atoms. The van der Waals surface area contributed by atoms with E-state index in [9.17, 15) is 8.42 Å². The zero-order valence-electron chi connectivity index (χ0n) is 10.7. The molecule has 0 atom stereocenters. The third kappa shape index (κ3) is 2.50. The van der Waals surface area contributed by atoms with Crippen molar-refractivity contribution >= 4 is 33.0 Å². The van der Waals surface area contributed by atoms with E-state index in [0.29, 0.717) is 36.1 Å². The molecule has 0 N–H and O–H groups in total. The van der Waals surface area contributed by atoms with Gasteiger partial charge < -0.3 is 4.57 Å². The molecule has 0 unspecified atom stereocenters. The van der Waals surface area contributed by atoms with Crippen molar-refractivity contribution in [1.82, 2.24) is 13.9 Å². The van der Waals surface area contributed by atoms with Crippen LogP contribution >= 0.6 is 22.9 Å². The normalized spacial score (nSPS) is 16.2. The van der Waals surface area contributed by atoms with Crippen molar-refractivity contribution in [1.29, 1.82) is 0 Å². The highest BCUT2D eigenvalue weighted by Crippen LogP contribution is 2.27. The van der Waals surface area contributed by atoms with Gasteiger partial charge in [-0.2, -0.15) is 4.31 Å². The molecule has 2 aromatic rings. The van der Waals surface area contributed by atoms with Crippen LogP contribution in [-0.2, 0) is 29.5 Å². The molecule has 108 valence electrons. The van der Waals surface area contributed by atoms with Gasteiger partial charge in [-0.15, -0.1) is 22.9 Å². The monoisotopic (exact) mass is 331 g/mol. The third-order valence-electron chi connectivity index (χ3n) is 3.28. The van der Waals surface area contributed by atoms with Crippen LogP contribution in [0.1, 0.15) is 10.7 Å². The Hall–Kier alpha value is -0.890. The van der Waals surface area contributed by atoms with Crippen LogP contribution in [-0.4, -0.2) is 34.7 Å². The lowest BCUT2D eigenvalue weighted by Gasteiger charge is -2.26. The predicted octanol–water partition coefficient (Wildman–Crippen LogP) is 1.93. The van der Waals surface area contributed by atoms with Crippen molar-refractivity contribution in [2.24, 2.45) is 0 Å². The van der Waals surface area contributed by atoms with E-state index in [-0.39, 0.29) is 0 Å². The van der Waals surface area contributed by atoms with E-state index < -0.39 is 10.0 Å². The molecule has 0 radical (unpaired) electrons. The number of imidazole rings is 1. The fraction of sp³-hybridized carbons (Fsp3) is 0.417. The van der Waals surface area contributed by atoms with Gasteiger partial charge in [-0.3, -0.25) is 0 Å². The van der Waals surface area contributed by atoms with E-state index in [1.54, 1.807) is 12.3 Å². The minimum absolute atomic E-state index is 0.331. The van der Waals surface area contributed by atoms with Gasteiger partial charge >= 0.3 is 0 Å². The molecule has 0 spiro atoms. The zero-order valence-corrected chi connectivity index (χ0v) is 13.1. The Morgan fingerprint density at radius 1 is 1.35 bits per heavy atom. The summed E-state index contributed by atoms with van der Waals surface area (Å²) in [5, 5.41) is 0. The number of fused-ring (bicyclic) bond motifs is 1. The second-order valence-electron chi connectivity index (χ2n) is 4.54. The van der Waals surface area contributed by atoms with Crippen LogP contribution in [0.5, 0.6) is 0 Å². The number of alkyl halides is 1. The smallest absolute Gasteiger partial charge is 0.253 e. The summed E-state index contributed by atoms with van der Waals surface area (Å²) < 4.78 is 29.1. The Bertz CT molecular complexity index is 708. The second-order valence-corrected chi connectivity index (χ2v) is 8.25. The van der Waals surface area contributed by atoms with Gasteiger partial charge in [0.05, 0.1) is 6.54 Å². The maximum absolute atomic E-state index is 12.6. The first kappa shape index (κ1) is 14.1. The van der Waals surface area contributed by atoms with Crippen molar-refractivity contribution in [3.8, 4) is 0 Å². The largest absolute Gasteiger partial charge is 0.333 e. The molecule has 0 saturated heterocycles. The molecule has 0 aliphatic carbocycles. The number of aromatic nitrogens is 2. The van der Waals surface area contributed by atoms with E-state index in [1.807, 2.05) is 16.8 Å². The van der Waals surface area contributed by atoms with E-state index in [4.69, 9.17) is 11.6 Å². The summed E-state index contributed by atoms with van der Waals surface area (Å²) in [6.07, 6.45) is 4.28. The molecule has 20 heavy (non-hydrogen) atoms. The highest BCUT2D eigenvalue weighted by molar-refractivity contribution is 7.91. The second kappa shape index (κ2) is 5.48. The SMILES string of the molecule is O=S(=O)(c1ccc(CCCl)s1)N1CCn2ccnc2C1. The standard InChI is InChI=1S/C12H14ClN3O2S2/c13-4-3-10-1-2-12(19-10)20(17,18)16-8-7-15-6-5-14-11(15)9-16/h1-2,5-6H,3-4,7-9H2. The summed E-state index contributed by atoms with van der Waals surface area (Å²) in [6, 6.07) is 3.51. The van der Waals surface area contributed by atoms with Gasteiger partial charge in [-0.05, 0) is 18.6 Å². The van der Waals surface area contributed by atoms with Crippen molar-refractivity contribution in [3.05, 3.63) is 35.2 Å². The summed E-state index contributed by atoms with van der Waals surface area (Å²) in [7, 11) is -3.42. The first-order valence-electron chi connectivity index (χ1n) is 6.26. The summed E-state index contributed by atoms with van der Waals surface area (Å²) in [5.74, 6) is 1.29. The molecule has 3 rings (SSSR count). The quantitative estimate of drug-likeness (QED) is 0.804. The lowest BCUT2D eigenvalue weighted by Crippen LogP contribution is -2.37. The molecule has 0 aromatic carbocycles. The number of aryl methyl sites for hydroxylation is 1. The van der Waals surface area contributed by atoms with Crippen molar-refractivity contribution in [3.63, 3.8) is 0 Å². The van der Waals surface area contributed by atoms with Gasteiger partial charge in [0.15, 0.2) is 0 Å². The number of nitrogens with zero attached hydrogens (tertiary/aromatic N) is 3. The average molecular weight is 332 g/mol. The third-order valence-corrected chi connectivity index (χ3v) is 6.93. The van der Waals surface area contributed by atoms with Gasteiger partial charge in [0.1, 0.15) is 10.0 Å². The van der Waals surface area contributed by atoms with Gasteiger partial charge in [0.2, 0.25) is 0 Å². The number of thiophene rings is 1. The Labute approximate surface area is 126 Å². The number of hydrogen-bond donors (Lipinski definition) is 0. The average Bonchev–Trinajstić information content (AvgIpc) is 3.06. The maximum atomic E-state index is 12.6. The van der Waals surface area contributed by atoms with Crippen LogP contribution in [0, 0.1) is 0 Å². The van der Waals surface area contributed by atoms with Crippen LogP contribution < -0.4 is 0 Å². The fourth-order valence-corrected chi connectivity index (χ4v) is 5.42. The van der Waals surface area contributed by atoms with Crippen molar-refractivity contribution in [2.75, 3.05) is 12.4 Å². The van der Waals surface area contributed by atoms with Crippen molar-refractivity contribution < 1.29 is 8.42 Å². The molecule has 0 fully saturated rings. The topological polar surface area (TPSA) is 55.2 Å². The van der Waals surface area contributed by atoms with Gasteiger partial charge in [0, 0.05) is 36.2 Å². The fourth-order valence-electron chi connectivity index (χ4n) is 2.21. The lowest BCUT2D eigenvalue weighted by molar-refractivity contribution is 0.336. The summed E-state index contributed by atoms with van der Waals surface area (Å²) in [6.45, 7) is 1.46. The summed E-state index contributed by atoms with van der Waals surface area (Å²) in [5.41, 5.74) is 0.